The van der Waals surface area contributed by atoms with Gasteiger partial charge in [0.1, 0.15) is 19.8 Å². The Morgan fingerprint density at radius 2 is 0.614 bits per heavy atom. The maximum absolute atomic E-state index is 12.8. The highest BCUT2D eigenvalue weighted by atomic mass is 31.2. The SMILES string of the molecule is CC/C=C\C/C=C\C/C=C\C/C=C\C/C=C\C/C=C\CCCCCCC(=O)OC(COC(=O)CCCCCCCCCCCCCCCCCCCCCCCCCCC/C=C\C/C=C\C/C=C\C/C=C\C/C=C\CC)COP(=O)([O-])OCC[N+](C)(C)C. The van der Waals surface area contributed by atoms with Crippen molar-refractivity contribution in [3.63, 3.8) is 0 Å². The smallest absolute Gasteiger partial charge is 0.306 e. The third kappa shape index (κ3) is 71.2. The third-order valence-electron chi connectivity index (χ3n) is 15.2. The van der Waals surface area contributed by atoms with E-state index in [1.54, 1.807) is 0 Å². The van der Waals surface area contributed by atoms with Gasteiger partial charge in [0.15, 0.2) is 6.10 Å². The first-order valence-electron chi connectivity index (χ1n) is 35.9. The van der Waals surface area contributed by atoms with Gasteiger partial charge in [-0.15, -0.1) is 0 Å². The van der Waals surface area contributed by atoms with Crippen LogP contribution >= 0.6 is 7.82 Å². The molecule has 0 radical (unpaired) electrons. The van der Waals surface area contributed by atoms with Crippen LogP contribution in [0.2, 0.25) is 0 Å². The molecule has 0 aliphatic carbocycles. The molecule has 0 heterocycles. The molecule has 0 bridgehead atoms. The van der Waals surface area contributed by atoms with E-state index in [9.17, 15) is 19.0 Å². The monoisotopic (exact) mass is 1240 g/mol. The minimum atomic E-state index is -4.66. The maximum atomic E-state index is 12.8. The van der Waals surface area contributed by atoms with Crippen LogP contribution in [0.3, 0.4) is 0 Å². The number of esters is 2. The highest BCUT2D eigenvalue weighted by Crippen LogP contribution is 2.38. The average molecular weight is 1240 g/mol. The molecule has 2 atom stereocenters. The van der Waals surface area contributed by atoms with Gasteiger partial charge in [0.05, 0.1) is 27.7 Å². The number of hydrogen-bond donors (Lipinski definition) is 0. The van der Waals surface area contributed by atoms with E-state index < -0.39 is 26.5 Å². The molecule has 9 nitrogen and oxygen atoms in total. The van der Waals surface area contributed by atoms with Gasteiger partial charge < -0.3 is 27.9 Å². The van der Waals surface area contributed by atoms with E-state index in [-0.39, 0.29) is 32.0 Å². The summed E-state index contributed by atoms with van der Waals surface area (Å²) in [7, 11) is 1.14. The summed E-state index contributed by atoms with van der Waals surface area (Å²) >= 11 is 0. The van der Waals surface area contributed by atoms with Crippen molar-refractivity contribution in [3.05, 3.63) is 134 Å². The molecule has 10 heteroatoms. The van der Waals surface area contributed by atoms with Crippen molar-refractivity contribution >= 4 is 19.8 Å². The fourth-order valence-corrected chi connectivity index (χ4v) is 10.5. The number of ether oxygens (including phenoxy) is 2. The summed E-state index contributed by atoms with van der Waals surface area (Å²) in [6, 6.07) is 0. The van der Waals surface area contributed by atoms with E-state index in [0.29, 0.717) is 17.4 Å². The van der Waals surface area contributed by atoms with Gasteiger partial charge in [0.2, 0.25) is 0 Å². The van der Waals surface area contributed by atoms with Gasteiger partial charge in [-0.25, -0.2) is 0 Å². The maximum Gasteiger partial charge on any atom is 0.306 e. The standard InChI is InChI=1S/C78H134NO8P/c1-6-8-10-12-14-16-18-20-22-24-26-28-30-31-32-33-34-35-36-37-38-39-40-41-42-43-44-45-46-47-49-50-52-54-56-58-60-62-64-66-68-70-77(80)84-74-76(75-86-88(82,83)85-73-72-79(3,4)5)87-78(81)71-69-67-65-63-61-59-57-55-53-51-48-29-27-25-23-21-19-17-15-13-11-9-7-2/h8-11,14-17,20-23,26-29,31-32,51,53,57,59,76H,6-7,12-13,18-19,24-25,30,33-50,52,54-56,58,60-75H2,1-5H3/b10-8-,11-9-,16-14-,17-15-,22-20-,23-21-,28-26-,29-27-,32-31-,53-51-,59-57-. The summed E-state index contributed by atoms with van der Waals surface area (Å²) in [4.78, 5) is 38.0. The summed E-state index contributed by atoms with van der Waals surface area (Å²) in [5.74, 6) is -0.859. The Kier molecular flexibility index (Phi) is 64.6. The molecule has 0 aromatic carbocycles. The number of hydrogen-bond acceptors (Lipinski definition) is 8. The van der Waals surface area contributed by atoms with E-state index in [0.717, 1.165) is 116 Å². The zero-order chi connectivity index (χ0) is 64.1. The molecule has 0 aliphatic heterocycles. The van der Waals surface area contributed by atoms with E-state index in [2.05, 4.69) is 148 Å². The second-order valence-electron chi connectivity index (χ2n) is 24.8. The summed E-state index contributed by atoms with van der Waals surface area (Å²) in [6.45, 7) is 3.99. The minimum absolute atomic E-state index is 0.0408. The Bertz CT molecular complexity index is 1950. The lowest BCUT2D eigenvalue weighted by Crippen LogP contribution is -2.37. The van der Waals surface area contributed by atoms with Gasteiger partial charge in [-0.3, -0.25) is 14.2 Å². The summed E-state index contributed by atoms with van der Waals surface area (Å²) in [5.41, 5.74) is 0. The molecule has 0 amide bonds. The molecule has 0 fully saturated rings. The fraction of sp³-hybridized carbons (Fsp3) is 0.692. The predicted molar refractivity (Wildman–Crippen MR) is 378 cm³/mol. The number of carbonyl (C=O) groups excluding carboxylic acids is 2. The Labute approximate surface area is 542 Å². The zero-order valence-corrected chi connectivity index (χ0v) is 58.3. The minimum Gasteiger partial charge on any atom is -0.756 e. The molecule has 88 heavy (non-hydrogen) atoms. The van der Waals surface area contributed by atoms with E-state index in [4.69, 9.17) is 18.5 Å². The lowest BCUT2D eigenvalue weighted by Gasteiger charge is -2.28. The first-order valence-corrected chi connectivity index (χ1v) is 37.4. The Balaban J connectivity index is 3.97. The van der Waals surface area contributed by atoms with Crippen LogP contribution in [0.15, 0.2) is 134 Å². The lowest BCUT2D eigenvalue weighted by atomic mass is 10.0. The van der Waals surface area contributed by atoms with E-state index >= 15 is 0 Å². The zero-order valence-electron chi connectivity index (χ0n) is 57.4. The van der Waals surface area contributed by atoms with Crippen LogP contribution in [0.5, 0.6) is 0 Å². The van der Waals surface area contributed by atoms with Gasteiger partial charge in [-0.2, -0.15) is 0 Å². The molecular formula is C78H134NO8P. The Hall–Kier alpha value is -3.85. The molecule has 0 N–H and O–H groups in total. The molecule has 0 aromatic heterocycles. The van der Waals surface area contributed by atoms with Gasteiger partial charge in [-0.1, -0.05) is 308 Å². The van der Waals surface area contributed by atoms with Crippen LogP contribution in [0.1, 0.15) is 296 Å². The van der Waals surface area contributed by atoms with E-state index in [1.807, 2.05) is 21.1 Å². The number of nitrogens with zero attached hydrogens (tertiary/aromatic N) is 1. The Morgan fingerprint density at radius 1 is 0.352 bits per heavy atom. The van der Waals surface area contributed by atoms with Crippen molar-refractivity contribution in [2.24, 2.45) is 0 Å². The third-order valence-corrected chi connectivity index (χ3v) is 16.1. The van der Waals surface area contributed by atoms with Crippen molar-refractivity contribution in [1.82, 2.24) is 0 Å². The summed E-state index contributed by atoms with van der Waals surface area (Å²) in [6.07, 6.45) is 98.4. The highest BCUT2D eigenvalue weighted by molar-refractivity contribution is 7.45. The number of likely N-dealkylation sites (N-methyl/N-ethyl adjacent to an activating group) is 1. The van der Waals surface area contributed by atoms with Crippen LogP contribution in [0.4, 0.5) is 0 Å². The molecule has 0 spiro atoms. The van der Waals surface area contributed by atoms with Crippen LogP contribution in [-0.2, 0) is 32.7 Å². The van der Waals surface area contributed by atoms with Crippen molar-refractivity contribution in [1.29, 1.82) is 0 Å². The molecule has 0 aromatic rings. The summed E-state index contributed by atoms with van der Waals surface area (Å²) in [5, 5.41) is 0. The van der Waals surface area contributed by atoms with Crippen LogP contribution in [0, 0.1) is 0 Å². The molecule has 0 saturated carbocycles. The van der Waals surface area contributed by atoms with Crippen molar-refractivity contribution in [2.45, 2.75) is 302 Å². The Morgan fingerprint density at radius 3 is 0.909 bits per heavy atom. The van der Waals surface area contributed by atoms with E-state index in [1.165, 1.54) is 148 Å². The van der Waals surface area contributed by atoms with Crippen molar-refractivity contribution in [3.8, 4) is 0 Å². The van der Waals surface area contributed by atoms with Gasteiger partial charge >= 0.3 is 11.9 Å². The number of carbonyl (C=O) groups is 2. The van der Waals surface area contributed by atoms with Gasteiger partial charge in [-0.05, 0) is 109 Å². The summed E-state index contributed by atoms with van der Waals surface area (Å²) < 4.78 is 34.3. The number of unbranched alkanes of at least 4 members (excludes halogenated alkanes) is 29. The number of phosphoric ester groups is 1. The molecule has 0 aliphatic rings. The largest absolute Gasteiger partial charge is 0.756 e. The molecule has 2 unspecified atom stereocenters. The van der Waals surface area contributed by atoms with Crippen LogP contribution < -0.4 is 4.89 Å². The quantitative estimate of drug-likeness (QED) is 0.0195. The number of allylic oxidation sites excluding steroid dienone is 22. The predicted octanol–water partition coefficient (Wildman–Crippen LogP) is 23.0. The fourth-order valence-electron chi connectivity index (χ4n) is 9.75. The second-order valence-corrected chi connectivity index (χ2v) is 26.2. The van der Waals surface area contributed by atoms with Crippen LogP contribution in [-0.4, -0.2) is 70.0 Å². The van der Waals surface area contributed by atoms with Gasteiger partial charge in [0, 0.05) is 12.8 Å². The first-order chi connectivity index (χ1) is 43.0. The van der Waals surface area contributed by atoms with Gasteiger partial charge in [0.25, 0.3) is 7.82 Å². The normalized spacial score (nSPS) is 13.9. The first kappa shape index (κ1) is 84.2. The average Bonchev–Trinajstić information content (AvgIpc) is 3.68. The highest BCUT2D eigenvalue weighted by Gasteiger charge is 2.22. The lowest BCUT2D eigenvalue weighted by molar-refractivity contribution is -0.870. The molecule has 0 saturated heterocycles. The number of phosphoric acid groups is 1. The van der Waals surface area contributed by atoms with Crippen molar-refractivity contribution < 1.29 is 42.1 Å². The van der Waals surface area contributed by atoms with Crippen molar-refractivity contribution in [2.75, 3.05) is 47.5 Å². The topological polar surface area (TPSA) is 111 Å². The van der Waals surface area contributed by atoms with Crippen LogP contribution in [0.25, 0.3) is 0 Å². The molecule has 504 valence electrons. The second kappa shape index (κ2) is 67.5. The number of rotatable bonds is 65. The molecular weight excluding hydrogens is 1110 g/mol. The molecule has 0 rings (SSSR count). The number of quaternary nitrogens is 1.